The Morgan fingerprint density at radius 1 is 0.852 bits per heavy atom. The van der Waals surface area contributed by atoms with E-state index < -0.39 is 19.9 Å². The molecule has 0 heterocycles. The van der Waals surface area contributed by atoms with E-state index in [2.05, 4.69) is 4.72 Å². The Balaban J connectivity index is 1.86. The first-order valence-corrected chi connectivity index (χ1v) is 12.1. The summed E-state index contributed by atoms with van der Waals surface area (Å²) in [5, 5.41) is -0.321. The Morgan fingerprint density at radius 3 is 1.89 bits per heavy atom. The molecule has 1 saturated carbocycles. The summed E-state index contributed by atoms with van der Waals surface area (Å²) in [5.74, 6) is 0. The molecule has 1 N–H and O–H groups in total. The first-order chi connectivity index (χ1) is 12.6. The predicted octanol–water partition coefficient (Wildman–Crippen LogP) is 4.13. The first-order valence-electron chi connectivity index (χ1n) is 9.06. The van der Waals surface area contributed by atoms with Crippen LogP contribution in [0.1, 0.15) is 42.4 Å². The van der Waals surface area contributed by atoms with E-state index in [1.165, 1.54) is 24.3 Å². The van der Waals surface area contributed by atoms with Crippen LogP contribution in [-0.2, 0) is 19.9 Å². The van der Waals surface area contributed by atoms with Crippen molar-refractivity contribution in [1.29, 1.82) is 0 Å². The lowest BCUT2D eigenvalue weighted by Crippen LogP contribution is -2.18. The third-order valence-corrected chi connectivity index (χ3v) is 9.01. The molecule has 5 nitrogen and oxygen atoms in total. The molecule has 0 aromatic heterocycles. The van der Waals surface area contributed by atoms with E-state index >= 15 is 0 Å². The van der Waals surface area contributed by atoms with Gasteiger partial charge < -0.3 is 0 Å². The van der Waals surface area contributed by atoms with Crippen molar-refractivity contribution in [2.24, 2.45) is 0 Å². The number of sulfone groups is 1. The summed E-state index contributed by atoms with van der Waals surface area (Å²) in [4.78, 5) is 0.510. The average Bonchev–Trinajstić information content (AvgIpc) is 3.08. The molecule has 7 heteroatoms. The van der Waals surface area contributed by atoms with Gasteiger partial charge in [-0.15, -0.1) is 0 Å². The molecule has 0 atom stereocenters. The van der Waals surface area contributed by atoms with E-state index in [9.17, 15) is 16.8 Å². The SMILES string of the molecule is Cc1cc(C)c(S(=O)(=O)Nc2ccc(S(=O)(=O)C3CCCC3)cc2)c(C)c1. The van der Waals surface area contributed by atoms with Crippen molar-refractivity contribution >= 4 is 25.5 Å². The summed E-state index contributed by atoms with van der Waals surface area (Å²) >= 11 is 0. The molecule has 2 aromatic carbocycles. The van der Waals surface area contributed by atoms with E-state index in [-0.39, 0.29) is 15.0 Å². The molecule has 0 spiro atoms. The quantitative estimate of drug-likeness (QED) is 0.808. The highest BCUT2D eigenvalue weighted by Crippen LogP contribution is 2.30. The summed E-state index contributed by atoms with van der Waals surface area (Å²) in [7, 11) is -7.10. The monoisotopic (exact) mass is 407 g/mol. The lowest BCUT2D eigenvalue weighted by molar-refractivity contribution is 0.579. The van der Waals surface area contributed by atoms with E-state index in [0.717, 1.165) is 18.4 Å². The standard InChI is InChI=1S/C20H25NO4S2/c1-14-12-15(2)20(16(3)13-14)27(24,25)21-17-8-10-19(11-9-17)26(22,23)18-6-4-5-7-18/h8-13,18,21H,4-7H2,1-3H3. The van der Waals surface area contributed by atoms with Crippen LogP contribution in [0.4, 0.5) is 5.69 Å². The van der Waals surface area contributed by atoms with Crippen molar-refractivity contribution in [2.75, 3.05) is 4.72 Å². The second-order valence-corrected chi connectivity index (χ2v) is 11.2. The molecule has 0 aliphatic heterocycles. The van der Waals surface area contributed by atoms with Gasteiger partial charge in [-0.3, -0.25) is 4.72 Å². The minimum atomic E-state index is -3.75. The molecule has 0 amide bonds. The second-order valence-electron chi connectivity index (χ2n) is 7.31. The normalized spacial score (nSPS) is 15.8. The van der Waals surface area contributed by atoms with Gasteiger partial charge >= 0.3 is 0 Å². The maximum Gasteiger partial charge on any atom is 0.262 e. The van der Waals surface area contributed by atoms with Crippen molar-refractivity contribution in [3.05, 3.63) is 53.1 Å². The van der Waals surface area contributed by atoms with E-state index in [1.54, 1.807) is 13.8 Å². The lowest BCUT2D eigenvalue weighted by Gasteiger charge is -2.15. The molecule has 1 fully saturated rings. The molecule has 1 aliphatic carbocycles. The minimum absolute atomic E-state index is 0.250. The third-order valence-electron chi connectivity index (χ3n) is 5.05. The fourth-order valence-corrected chi connectivity index (χ4v) is 7.27. The number of aryl methyl sites for hydroxylation is 3. The largest absolute Gasteiger partial charge is 0.280 e. The van der Waals surface area contributed by atoms with Crippen molar-refractivity contribution < 1.29 is 16.8 Å². The highest BCUT2D eigenvalue weighted by Gasteiger charge is 2.30. The molecular weight excluding hydrogens is 382 g/mol. The number of hydrogen-bond donors (Lipinski definition) is 1. The minimum Gasteiger partial charge on any atom is -0.280 e. The van der Waals surface area contributed by atoms with Gasteiger partial charge in [0.25, 0.3) is 10.0 Å². The maximum absolute atomic E-state index is 12.8. The van der Waals surface area contributed by atoms with Crippen LogP contribution in [0, 0.1) is 20.8 Å². The van der Waals surface area contributed by atoms with Gasteiger partial charge in [0.15, 0.2) is 9.84 Å². The first kappa shape index (κ1) is 19.9. The maximum atomic E-state index is 12.8. The molecule has 0 bridgehead atoms. The third kappa shape index (κ3) is 4.04. The van der Waals surface area contributed by atoms with Gasteiger partial charge in [0.2, 0.25) is 0 Å². The molecule has 0 radical (unpaired) electrons. The van der Waals surface area contributed by atoms with Crippen LogP contribution in [0.5, 0.6) is 0 Å². The summed E-state index contributed by atoms with van der Waals surface area (Å²) in [6, 6.07) is 9.66. The zero-order valence-electron chi connectivity index (χ0n) is 15.8. The van der Waals surface area contributed by atoms with Gasteiger partial charge in [-0.2, -0.15) is 0 Å². The zero-order valence-corrected chi connectivity index (χ0v) is 17.5. The van der Waals surface area contributed by atoms with Crippen molar-refractivity contribution in [3.63, 3.8) is 0 Å². The highest BCUT2D eigenvalue weighted by molar-refractivity contribution is 7.93. The Hall–Kier alpha value is -1.86. The van der Waals surface area contributed by atoms with Crippen molar-refractivity contribution in [3.8, 4) is 0 Å². The second kappa shape index (κ2) is 7.28. The van der Waals surface area contributed by atoms with Crippen LogP contribution >= 0.6 is 0 Å². The fraction of sp³-hybridized carbons (Fsp3) is 0.400. The van der Waals surface area contributed by atoms with Crippen LogP contribution < -0.4 is 4.72 Å². The molecule has 3 rings (SSSR count). The van der Waals surface area contributed by atoms with Gasteiger partial charge in [0, 0.05) is 5.69 Å². The predicted molar refractivity (Wildman–Crippen MR) is 107 cm³/mol. The van der Waals surface area contributed by atoms with Crippen LogP contribution in [0.3, 0.4) is 0 Å². The molecular formula is C20H25NO4S2. The van der Waals surface area contributed by atoms with Gasteiger partial charge in [-0.05, 0) is 69.0 Å². The topological polar surface area (TPSA) is 80.3 Å². The number of anilines is 1. The number of nitrogens with one attached hydrogen (secondary N) is 1. The van der Waals surface area contributed by atoms with Crippen molar-refractivity contribution in [2.45, 2.75) is 61.5 Å². The van der Waals surface area contributed by atoms with Gasteiger partial charge in [-0.1, -0.05) is 30.5 Å². The van der Waals surface area contributed by atoms with Crippen LogP contribution in [-0.4, -0.2) is 22.1 Å². The molecule has 0 saturated heterocycles. The number of rotatable bonds is 5. The van der Waals surface area contributed by atoms with Gasteiger partial charge in [0.05, 0.1) is 15.0 Å². The van der Waals surface area contributed by atoms with Crippen molar-refractivity contribution in [1.82, 2.24) is 0 Å². The van der Waals surface area contributed by atoms with Crippen LogP contribution in [0.25, 0.3) is 0 Å². The molecule has 0 unspecified atom stereocenters. The smallest absolute Gasteiger partial charge is 0.262 e. The lowest BCUT2D eigenvalue weighted by atomic mass is 10.1. The zero-order chi connectivity index (χ0) is 19.8. The van der Waals surface area contributed by atoms with Crippen LogP contribution in [0.2, 0.25) is 0 Å². The number of benzene rings is 2. The van der Waals surface area contributed by atoms with Crippen LogP contribution in [0.15, 0.2) is 46.2 Å². The summed E-state index contributed by atoms with van der Waals surface area (Å²) in [6.07, 6.45) is 3.28. The molecule has 146 valence electrons. The van der Waals surface area contributed by atoms with Gasteiger partial charge in [-0.25, -0.2) is 16.8 Å². The van der Waals surface area contributed by atoms with E-state index in [4.69, 9.17) is 0 Å². The number of sulfonamides is 1. The molecule has 1 aliphatic rings. The van der Waals surface area contributed by atoms with Gasteiger partial charge in [0.1, 0.15) is 0 Å². The fourth-order valence-electron chi connectivity index (χ4n) is 3.90. The molecule has 27 heavy (non-hydrogen) atoms. The average molecular weight is 408 g/mol. The Labute approximate surface area is 161 Å². The summed E-state index contributed by atoms with van der Waals surface area (Å²) in [6.45, 7) is 5.46. The summed E-state index contributed by atoms with van der Waals surface area (Å²) < 4.78 is 53.5. The van der Waals surface area contributed by atoms with E-state index in [0.29, 0.717) is 29.7 Å². The molecule has 2 aromatic rings. The highest BCUT2D eigenvalue weighted by atomic mass is 32.2. The Kier molecular flexibility index (Phi) is 5.36. The number of hydrogen-bond acceptors (Lipinski definition) is 4. The Bertz CT molecular complexity index is 1030. The van der Waals surface area contributed by atoms with E-state index in [1.807, 2.05) is 19.1 Å². The summed E-state index contributed by atoms with van der Waals surface area (Å²) in [5.41, 5.74) is 2.71. The Morgan fingerprint density at radius 2 is 1.37 bits per heavy atom.